The van der Waals surface area contributed by atoms with Crippen LogP contribution in [0.2, 0.25) is 0 Å². The summed E-state index contributed by atoms with van der Waals surface area (Å²) in [5.74, 6) is 1.38. The molecule has 568 valence electrons. The first-order chi connectivity index (χ1) is 54.1. The van der Waals surface area contributed by atoms with Crippen LogP contribution >= 0.6 is 0 Å². The summed E-state index contributed by atoms with van der Waals surface area (Å²) in [7, 11) is 3.28. The minimum absolute atomic E-state index is 0.0310. The number of hydrogen-bond donors (Lipinski definition) is 3. The van der Waals surface area contributed by atoms with Gasteiger partial charge in [0.05, 0.1) is 50.3 Å². The van der Waals surface area contributed by atoms with Gasteiger partial charge in [-0.25, -0.2) is 9.59 Å². The third-order valence-corrected chi connectivity index (χ3v) is 20.7. The van der Waals surface area contributed by atoms with Crippen LogP contribution in [0.25, 0.3) is 77.3 Å². The molecular formula is C89H79N5O18. The number of fused-ring (bicyclic) bond motifs is 6. The quantitative estimate of drug-likeness (QED) is 0.0120. The highest BCUT2D eigenvalue weighted by Gasteiger charge is 2.57. The molecule has 23 nitrogen and oxygen atoms in total. The lowest BCUT2D eigenvalue weighted by atomic mass is 9.83. The number of aliphatic hydroxyl groups excluding tert-OH is 2. The molecule has 7 aromatic rings. The number of esters is 1. The van der Waals surface area contributed by atoms with Crippen molar-refractivity contribution >= 4 is 51.4 Å². The van der Waals surface area contributed by atoms with Gasteiger partial charge in [0.25, 0.3) is 0 Å². The van der Waals surface area contributed by atoms with Crippen molar-refractivity contribution in [3.63, 3.8) is 0 Å². The molecule has 23 heteroatoms. The number of hydrogen-bond acceptors (Lipinski definition) is 18. The largest absolute Gasteiger partial charge is 0.497 e. The zero-order valence-electron chi connectivity index (χ0n) is 62.6. The van der Waals surface area contributed by atoms with Gasteiger partial charge in [-0.2, -0.15) is 0 Å². The number of carboxylic acid groups (broad SMARTS) is 1. The average Bonchev–Trinajstić information content (AvgIpc) is 1.00. The summed E-state index contributed by atoms with van der Waals surface area (Å²) in [6.07, 6.45) is 6.05. The predicted molar refractivity (Wildman–Crippen MR) is 420 cm³/mol. The number of azide groups is 1. The molecule has 15 rings (SSSR count). The second-order valence-electron chi connectivity index (χ2n) is 28.1. The van der Waals surface area contributed by atoms with Crippen molar-refractivity contribution in [2.24, 2.45) is 17.0 Å². The van der Waals surface area contributed by atoms with Crippen LogP contribution < -0.4 is 39.3 Å². The topological polar surface area (TPSA) is 309 Å². The molecule has 2 fully saturated rings. The molecule has 0 saturated carbocycles. The molecule has 6 heterocycles. The molecule has 7 aromatic carbocycles. The lowest BCUT2D eigenvalue weighted by Crippen LogP contribution is -2.61. The zero-order chi connectivity index (χ0) is 78.8. The van der Waals surface area contributed by atoms with Crippen LogP contribution in [0, 0.1) is 39.5 Å². The summed E-state index contributed by atoms with van der Waals surface area (Å²) in [6.45, 7) is 12.0. The molecule has 6 aliphatic heterocycles. The second kappa shape index (κ2) is 32.2. The molecule has 2 saturated heterocycles. The molecule has 2 aliphatic carbocycles. The van der Waals surface area contributed by atoms with E-state index in [1.807, 2.05) is 137 Å². The van der Waals surface area contributed by atoms with E-state index in [2.05, 4.69) is 10.0 Å². The van der Waals surface area contributed by atoms with Crippen molar-refractivity contribution in [1.29, 1.82) is 0 Å². The Morgan fingerprint density at radius 3 is 1.38 bits per heavy atom. The minimum Gasteiger partial charge on any atom is -0.497 e. The predicted octanol–water partition coefficient (Wildman–Crippen LogP) is 15.9. The van der Waals surface area contributed by atoms with Crippen molar-refractivity contribution in [3.8, 4) is 79.4 Å². The van der Waals surface area contributed by atoms with Gasteiger partial charge < -0.3 is 67.1 Å². The van der Waals surface area contributed by atoms with Gasteiger partial charge in [0.1, 0.15) is 102 Å². The number of β-lactam (4-membered cyclic amide) rings is 2. The van der Waals surface area contributed by atoms with E-state index in [-0.39, 0.29) is 72.6 Å². The van der Waals surface area contributed by atoms with Gasteiger partial charge in [0.2, 0.25) is 11.8 Å². The van der Waals surface area contributed by atoms with Crippen molar-refractivity contribution in [1.82, 2.24) is 9.80 Å². The molecule has 0 spiro atoms. The number of carbonyl (C=O) groups is 4. The lowest BCUT2D eigenvalue weighted by Gasteiger charge is -2.44. The van der Waals surface area contributed by atoms with E-state index in [0.717, 1.165) is 89.0 Å². The number of rotatable bonds is 25. The fourth-order valence-corrected chi connectivity index (χ4v) is 15.3. The first-order valence-corrected chi connectivity index (χ1v) is 36.4. The van der Waals surface area contributed by atoms with Crippen LogP contribution in [0.5, 0.6) is 34.5 Å². The summed E-state index contributed by atoms with van der Waals surface area (Å²) in [5, 5.41) is 35.3. The van der Waals surface area contributed by atoms with Crippen molar-refractivity contribution in [3.05, 3.63) is 287 Å². The van der Waals surface area contributed by atoms with Gasteiger partial charge >= 0.3 is 11.9 Å². The maximum absolute atomic E-state index is 13.4. The standard InChI is InChI=1S/C48H42N4O9.C41H37NO9/c1-27-21-35(57-4)13-16-37(27)45-38-15-12-34(54)23-42(38)61-43-24-36(14-17-39(43)45)59-26-31-9-18-41(28(2)20-31)58-19-5-6-32-22-40-44(29(3)53)47(55)52(40)46(32)48(56)60-25-30-7-10-33(11-8-30)50-51-49;1-22-17-28(48-4)9-12-30(22)38-31-11-8-27(44)19-35(31)51-36-20-29(10-13-32(36)38)50-21-25-7-14-34(23(2)16-25)49-15-5-6-26-18-33-37(24(3)43)40(45)42(33)39(26)41(46)47/h5-18,20-21,23-24,29,40,44,53H,19,22,25-26H2,1-4H3;5-14,16-17,19-20,24,33,37,43H,15,18,21H2,1-4H3,(H,46,47)/b2*6-5+/t29-,40-,44-;24-,33-,37-/m11/s1. The van der Waals surface area contributed by atoms with Gasteiger partial charge in [-0.1, -0.05) is 65.8 Å². The Morgan fingerprint density at radius 2 is 0.955 bits per heavy atom. The van der Waals surface area contributed by atoms with E-state index in [0.29, 0.717) is 87.5 Å². The number of benzene rings is 9. The highest BCUT2D eigenvalue weighted by Crippen LogP contribution is 2.48. The Morgan fingerprint density at radius 1 is 0.518 bits per heavy atom. The molecule has 6 atom stereocenters. The summed E-state index contributed by atoms with van der Waals surface area (Å²) in [6, 6.07) is 50.5. The van der Waals surface area contributed by atoms with Gasteiger partial charge in [-0.05, 0) is 230 Å². The van der Waals surface area contributed by atoms with Gasteiger partial charge in [0.15, 0.2) is 10.9 Å². The monoisotopic (exact) mass is 1510 g/mol. The van der Waals surface area contributed by atoms with E-state index < -0.39 is 36.0 Å². The van der Waals surface area contributed by atoms with E-state index in [1.54, 1.807) is 101 Å². The Kier molecular flexibility index (Phi) is 21.7. The maximum atomic E-state index is 13.4. The number of nitrogens with zero attached hydrogens (tertiary/aromatic N) is 5. The Balaban J connectivity index is 0.000000189. The third kappa shape index (κ3) is 15.3. The number of ether oxygens (including phenoxy) is 7. The Bertz CT molecular complexity index is 5800. The molecule has 8 aliphatic rings. The number of aliphatic carboxylic acids is 1. The van der Waals surface area contributed by atoms with Crippen LogP contribution in [0.4, 0.5) is 5.69 Å². The molecule has 3 N–H and O–H groups in total. The first kappa shape index (κ1) is 75.6. The first-order valence-electron chi connectivity index (χ1n) is 36.4. The number of methoxy groups -OCH3 is 2. The summed E-state index contributed by atoms with van der Waals surface area (Å²) >= 11 is 0. The smallest absolute Gasteiger partial charge is 0.355 e. The van der Waals surface area contributed by atoms with Gasteiger partial charge in [-0.3, -0.25) is 19.2 Å². The number of aryl methyl sites for hydroxylation is 4. The summed E-state index contributed by atoms with van der Waals surface area (Å²) < 4.78 is 53.5. The summed E-state index contributed by atoms with van der Waals surface area (Å²) in [5.41, 5.74) is 23.3. The Hall–Kier alpha value is -13.2. The molecular weight excluding hydrogens is 1430 g/mol. The third-order valence-electron chi connectivity index (χ3n) is 20.7. The normalized spacial score (nSPS) is 16.9. The number of allylic oxidation sites excluding steroid dienone is 2. The summed E-state index contributed by atoms with van der Waals surface area (Å²) in [4.78, 5) is 80.8. The number of carbonyl (C=O) groups excluding carboxylic acids is 3. The fourth-order valence-electron chi connectivity index (χ4n) is 15.3. The van der Waals surface area contributed by atoms with Crippen LogP contribution in [0.3, 0.4) is 0 Å². The Labute approximate surface area is 643 Å². The zero-order valence-corrected chi connectivity index (χ0v) is 62.6. The SMILES string of the molecule is COc1ccc(-c2c3ccc(=O)cc-3oc3cc(OCc4ccc(OC/C=C/C5=C(C(=O)O)N6C(=O)[C@H]([C@@H](C)O)[C@H]6C5)c(C)c4)ccc23)c(C)c1.COc1ccc(-c2c3ccc(=O)cc-3oc3cc(OCc4ccc(OC/C=C/C5=C(C(=O)OCc6ccc(N=[N+]=[N-])cc6)N6C(=O)[C@H]([C@@H](C)O)[C@H]6C5)c(C)c4)ccc23)c(C)c1. The van der Waals surface area contributed by atoms with Crippen LogP contribution in [-0.2, 0) is 43.7 Å². The highest BCUT2D eigenvalue weighted by molar-refractivity contribution is 6.05. The number of carboxylic acids is 1. The number of aliphatic hydroxyl groups is 2. The van der Waals surface area contributed by atoms with E-state index in [9.17, 15) is 44.1 Å². The van der Waals surface area contributed by atoms with Crippen LogP contribution in [-0.4, -0.2) is 101 Å². The molecule has 0 radical (unpaired) electrons. The minimum atomic E-state index is -1.16. The lowest BCUT2D eigenvalue weighted by molar-refractivity contribution is -0.162. The second-order valence-corrected chi connectivity index (χ2v) is 28.1. The van der Waals surface area contributed by atoms with E-state index in [4.69, 9.17) is 47.5 Å². The van der Waals surface area contributed by atoms with E-state index in [1.165, 1.54) is 21.9 Å². The van der Waals surface area contributed by atoms with Crippen LogP contribution in [0.1, 0.15) is 65.6 Å². The van der Waals surface area contributed by atoms with Gasteiger partial charge in [0, 0.05) is 67.9 Å². The number of amides is 2. The van der Waals surface area contributed by atoms with Crippen molar-refractivity contribution in [2.75, 3.05) is 27.4 Å². The van der Waals surface area contributed by atoms with E-state index >= 15 is 0 Å². The molecule has 0 bridgehead atoms. The molecule has 112 heavy (non-hydrogen) atoms. The van der Waals surface area contributed by atoms with Crippen LogP contribution in [0.15, 0.2) is 240 Å². The molecule has 0 aromatic heterocycles. The fraction of sp³-hybridized carbons (Fsp3) is 0.236. The molecule has 0 unspecified atom stereocenters. The van der Waals surface area contributed by atoms with Gasteiger partial charge in [-0.15, -0.1) is 0 Å². The average molecular weight is 1510 g/mol. The molecule has 2 amide bonds. The highest BCUT2D eigenvalue weighted by atomic mass is 16.5. The van der Waals surface area contributed by atoms with Crippen molar-refractivity contribution < 1.29 is 76.5 Å². The maximum Gasteiger partial charge on any atom is 0.355 e. The van der Waals surface area contributed by atoms with Crippen molar-refractivity contribution in [2.45, 2.75) is 98.5 Å².